The molecule has 4 nitrogen and oxygen atoms in total. The van der Waals surface area contributed by atoms with Crippen LogP contribution in [0.3, 0.4) is 0 Å². The number of unbranched alkanes of at least 4 members (excludes halogenated alkanes) is 1. The third-order valence-corrected chi connectivity index (χ3v) is 2.98. The van der Waals surface area contributed by atoms with E-state index < -0.39 is 0 Å². The lowest BCUT2D eigenvalue weighted by Crippen LogP contribution is -2.47. The number of hydrogen-bond acceptors (Lipinski definition) is 4. The van der Waals surface area contributed by atoms with Crippen LogP contribution in [-0.2, 0) is 4.74 Å². The van der Waals surface area contributed by atoms with E-state index in [4.69, 9.17) is 9.84 Å². The molecule has 0 spiro atoms. The Morgan fingerprint density at radius 3 is 2.19 bits per heavy atom. The Kier molecular flexibility index (Phi) is 7.76. The fourth-order valence-electron chi connectivity index (χ4n) is 1.93. The number of ether oxygens (including phenoxy) is 1. The number of hydrogen-bond donors (Lipinski definition) is 1. The van der Waals surface area contributed by atoms with E-state index >= 15 is 0 Å². The van der Waals surface area contributed by atoms with Crippen molar-refractivity contribution in [3.63, 3.8) is 0 Å². The molecule has 4 heteroatoms. The summed E-state index contributed by atoms with van der Waals surface area (Å²) in [5.41, 5.74) is 0. The van der Waals surface area contributed by atoms with Gasteiger partial charge in [-0.2, -0.15) is 6.42 Å². The summed E-state index contributed by atoms with van der Waals surface area (Å²) in [4.78, 5) is 4.94. The summed E-state index contributed by atoms with van der Waals surface area (Å²) in [5, 5.41) is 8.57. The van der Waals surface area contributed by atoms with Gasteiger partial charge >= 0.3 is 0 Å². The highest BCUT2D eigenvalue weighted by Gasteiger charge is 2.15. The van der Waals surface area contributed by atoms with Crippen molar-refractivity contribution in [1.29, 1.82) is 0 Å². The molecule has 0 aromatic rings. The van der Waals surface area contributed by atoms with Gasteiger partial charge in [0.05, 0.1) is 19.8 Å². The predicted octanol–water partition coefficient (Wildman–Crippen LogP) is 0.227. The maximum Gasteiger partial charge on any atom is 0.0698 e. The molecule has 1 aliphatic heterocycles. The van der Waals surface area contributed by atoms with Crippen molar-refractivity contribution in [3.8, 4) is 0 Å². The lowest BCUT2D eigenvalue weighted by molar-refractivity contribution is 0.0575. The van der Waals surface area contributed by atoms with Crippen LogP contribution in [-0.4, -0.2) is 74.0 Å². The van der Waals surface area contributed by atoms with Gasteiger partial charge in [0, 0.05) is 32.7 Å². The van der Waals surface area contributed by atoms with Gasteiger partial charge in [-0.25, -0.2) is 0 Å². The van der Waals surface area contributed by atoms with Crippen molar-refractivity contribution < 1.29 is 9.84 Å². The van der Waals surface area contributed by atoms with Gasteiger partial charge in [-0.1, -0.05) is 6.42 Å². The highest BCUT2D eigenvalue weighted by atomic mass is 16.5. The van der Waals surface area contributed by atoms with Crippen molar-refractivity contribution in [1.82, 2.24) is 9.80 Å². The topological polar surface area (TPSA) is 35.9 Å². The summed E-state index contributed by atoms with van der Waals surface area (Å²) in [6.07, 6.45) is 2.24. The lowest BCUT2D eigenvalue weighted by Gasteiger charge is -2.34. The molecular weight excluding hydrogens is 204 g/mol. The Bertz CT molecular complexity index is 159. The van der Waals surface area contributed by atoms with Gasteiger partial charge in [-0.3, -0.25) is 4.90 Å². The summed E-state index contributed by atoms with van der Waals surface area (Å²) >= 11 is 0. The molecule has 0 aromatic heterocycles. The van der Waals surface area contributed by atoms with Gasteiger partial charge in [0.2, 0.25) is 0 Å². The Labute approximate surface area is 99.2 Å². The Balaban J connectivity index is 1.98. The molecule has 0 radical (unpaired) electrons. The van der Waals surface area contributed by atoms with E-state index in [1.54, 1.807) is 0 Å². The molecular formula is C12H25N2O2-. The van der Waals surface area contributed by atoms with Gasteiger partial charge in [-0.15, -0.1) is 0 Å². The molecule has 0 aromatic carbocycles. The Morgan fingerprint density at radius 1 is 1.00 bits per heavy atom. The maximum atomic E-state index is 8.57. The van der Waals surface area contributed by atoms with E-state index in [2.05, 4.69) is 16.7 Å². The van der Waals surface area contributed by atoms with Gasteiger partial charge in [-0.05, 0) is 6.54 Å². The van der Waals surface area contributed by atoms with E-state index in [1.165, 1.54) is 26.1 Å². The first kappa shape index (κ1) is 13.9. The van der Waals surface area contributed by atoms with E-state index in [-0.39, 0.29) is 6.61 Å². The first-order valence-electron chi connectivity index (χ1n) is 6.29. The molecule has 0 atom stereocenters. The molecule has 0 unspecified atom stereocenters. The van der Waals surface area contributed by atoms with Crippen molar-refractivity contribution in [2.75, 3.05) is 59.1 Å². The quantitative estimate of drug-likeness (QED) is 0.477. The van der Waals surface area contributed by atoms with Crippen LogP contribution in [0, 0.1) is 6.92 Å². The molecule has 96 valence electrons. The van der Waals surface area contributed by atoms with Crippen molar-refractivity contribution in [2.24, 2.45) is 0 Å². The van der Waals surface area contributed by atoms with Gasteiger partial charge in [0.1, 0.15) is 0 Å². The molecule has 1 aliphatic rings. The van der Waals surface area contributed by atoms with Crippen LogP contribution >= 0.6 is 0 Å². The van der Waals surface area contributed by atoms with Crippen LogP contribution in [0.2, 0.25) is 0 Å². The van der Waals surface area contributed by atoms with Crippen LogP contribution in [0.4, 0.5) is 0 Å². The first-order chi connectivity index (χ1) is 7.86. The zero-order valence-corrected chi connectivity index (χ0v) is 10.2. The molecule has 0 bridgehead atoms. The van der Waals surface area contributed by atoms with Crippen molar-refractivity contribution in [3.05, 3.63) is 6.92 Å². The summed E-state index contributed by atoms with van der Waals surface area (Å²) < 4.78 is 5.26. The Morgan fingerprint density at radius 2 is 1.62 bits per heavy atom. The second-order valence-corrected chi connectivity index (χ2v) is 4.23. The number of rotatable bonds is 8. The van der Waals surface area contributed by atoms with Crippen LogP contribution in [0.5, 0.6) is 0 Å². The highest BCUT2D eigenvalue weighted by Crippen LogP contribution is 2.03. The molecule has 0 amide bonds. The molecule has 1 fully saturated rings. The average Bonchev–Trinajstić information content (AvgIpc) is 2.33. The van der Waals surface area contributed by atoms with Crippen molar-refractivity contribution >= 4 is 0 Å². The largest absolute Gasteiger partial charge is 0.394 e. The molecule has 0 saturated carbocycles. The van der Waals surface area contributed by atoms with Crippen LogP contribution in [0.1, 0.15) is 12.8 Å². The Hall–Kier alpha value is -0.160. The molecule has 0 aliphatic carbocycles. The maximum absolute atomic E-state index is 8.57. The van der Waals surface area contributed by atoms with Crippen LogP contribution in [0.25, 0.3) is 0 Å². The zero-order valence-electron chi connectivity index (χ0n) is 10.2. The summed E-state index contributed by atoms with van der Waals surface area (Å²) in [5.74, 6) is 0. The fraction of sp³-hybridized carbons (Fsp3) is 0.917. The number of aliphatic hydroxyl groups excluding tert-OH is 1. The normalized spacial score (nSPS) is 19.1. The minimum absolute atomic E-state index is 0.124. The van der Waals surface area contributed by atoms with E-state index in [1.807, 2.05) is 0 Å². The van der Waals surface area contributed by atoms with Crippen LogP contribution in [0.15, 0.2) is 0 Å². The SMILES string of the molecule is [CH2-]CCCN1CCN(CCOCCO)CC1. The zero-order chi connectivity index (χ0) is 11.6. The van der Waals surface area contributed by atoms with Crippen LogP contribution < -0.4 is 0 Å². The number of aliphatic hydroxyl groups is 1. The smallest absolute Gasteiger partial charge is 0.0698 e. The minimum Gasteiger partial charge on any atom is -0.394 e. The molecule has 1 rings (SSSR count). The van der Waals surface area contributed by atoms with E-state index in [0.29, 0.717) is 6.61 Å². The molecule has 16 heavy (non-hydrogen) atoms. The highest BCUT2D eigenvalue weighted by molar-refractivity contribution is 4.71. The summed E-state index contributed by atoms with van der Waals surface area (Å²) in [6.45, 7) is 12.0. The average molecular weight is 229 g/mol. The van der Waals surface area contributed by atoms with E-state index in [0.717, 1.165) is 32.7 Å². The number of nitrogens with zero attached hydrogens (tertiary/aromatic N) is 2. The van der Waals surface area contributed by atoms with E-state index in [9.17, 15) is 0 Å². The molecule has 1 saturated heterocycles. The van der Waals surface area contributed by atoms with Gasteiger partial charge in [0.25, 0.3) is 0 Å². The molecule has 1 heterocycles. The van der Waals surface area contributed by atoms with Crippen molar-refractivity contribution in [2.45, 2.75) is 12.8 Å². The lowest BCUT2D eigenvalue weighted by atomic mass is 10.2. The monoisotopic (exact) mass is 229 g/mol. The molecule has 1 N–H and O–H groups in total. The summed E-state index contributed by atoms with van der Waals surface area (Å²) in [6, 6.07) is 0. The second kappa shape index (κ2) is 8.93. The fourth-order valence-corrected chi connectivity index (χ4v) is 1.93. The first-order valence-corrected chi connectivity index (χ1v) is 6.29. The third-order valence-electron chi connectivity index (χ3n) is 2.98. The minimum atomic E-state index is 0.124. The predicted molar refractivity (Wildman–Crippen MR) is 65.4 cm³/mol. The van der Waals surface area contributed by atoms with Gasteiger partial charge in [0.15, 0.2) is 0 Å². The van der Waals surface area contributed by atoms with Gasteiger partial charge < -0.3 is 21.7 Å². The summed E-state index contributed by atoms with van der Waals surface area (Å²) in [7, 11) is 0. The second-order valence-electron chi connectivity index (χ2n) is 4.23. The number of piperazine rings is 1. The standard InChI is InChI=1S/C12H25N2O2/c1-2-3-4-13-5-7-14(8-6-13)9-11-16-12-10-15/h15H,1-12H2/q-1. The third kappa shape index (κ3) is 5.80.